The van der Waals surface area contributed by atoms with Gasteiger partial charge in [-0.15, -0.1) is 0 Å². The van der Waals surface area contributed by atoms with Crippen LogP contribution in [0, 0.1) is 10.1 Å². The van der Waals surface area contributed by atoms with Gasteiger partial charge in [0.1, 0.15) is 12.1 Å². The van der Waals surface area contributed by atoms with Gasteiger partial charge in [0.25, 0.3) is 0 Å². The fourth-order valence-corrected chi connectivity index (χ4v) is 3.76. The van der Waals surface area contributed by atoms with E-state index in [-0.39, 0.29) is 4.92 Å². The SMILES string of the molecule is CN1[C@H](C(=O)O)[C@@H](c2ccccc2)[C@H]([N+](=O)[O-])[C@@H]1c1ccccc1. The minimum atomic E-state index is -1.04. The summed E-state index contributed by atoms with van der Waals surface area (Å²) in [5, 5.41) is 21.6. The number of hydrogen-bond donors (Lipinski definition) is 1. The number of carbonyl (C=O) groups is 1. The molecule has 2 aromatic carbocycles. The lowest BCUT2D eigenvalue weighted by molar-refractivity contribution is -0.528. The fourth-order valence-electron chi connectivity index (χ4n) is 3.76. The molecule has 0 amide bonds. The molecule has 0 bridgehead atoms. The Bertz CT molecular complexity index is 735. The summed E-state index contributed by atoms with van der Waals surface area (Å²) in [6.45, 7) is 0. The number of hydrogen-bond acceptors (Lipinski definition) is 4. The maximum atomic E-state index is 11.9. The molecule has 1 N–H and O–H groups in total. The Hall–Kier alpha value is -2.73. The second-order valence-corrected chi connectivity index (χ2v) is 6.02. The number of likely N-dealkylation sites (tertiary alicyclic amines) is 1. The summed E-state index contributed by atoms with van der Waals surface area (Å²) in [6, 6.07) is 15.4. The number of nitrogens with zero attached hydrogens (tertiary/aromatic N) is 2. The standard InChI is InChI=1S/C18H18N2O4/c1-19-15(13-10-6-3-7-11-13)16(20(23)24)14(17(19)18(21)22)12-8-4-2-5-9-12/h2-11,14-17H,1H3,(H,21,22)/t14-,15-,16-,17-/m0/s1. The molecule has 3 rings (SSSR count). The highest BCUT2D eigenvalue weighted by Crippen LogP contribution is 2.45. The van der Waals surface area contributed by atoms with E-state index in [1.807, 2.05) is 36.4 Å². The summed E-state index contributed by atoms with van der Waals surface area (Å²) in [5.41, 5.74) is 1.43. The first-order valence-corrected chi connectivity index (χ1v) is 7.70. The predicted molar refractivity (Wildman–Crippen MR) is 88.3 cm³/mol. The number of aliphatic carboxylic acids is 1. The summed E-state index contributed by atoms with van der Waals surface area (Å²) in [6.07, 6.45) is 0. The van der Waals surface area contributed by atoms with Crippen LogP contribution < -0.4 is 0 Å². The Labute approximate surface area is 139 Å². The van der Waals surface area contributed by atoms with Gasteiger partial charge in [0, 0.05) is 4.92 Å². The van der Waals surface area contributed by atoms with Crippen molar-refractivity contribution in [2.75, 3.05) is 7.05 Å². The van der Waals surface area contributed by atoms with E-state index in [0.29, 0.717) is 5.56 Å². The molecule has 1 aliphatic heterocycles. The molecule has 1 heterocycles. The van der Waals surface area contributed by atoms with E-state index in [4.69, 9.17) is 0 Å². The maximum Gasteiger partial charge on any atom is 0.321 e. The smallest absolute Gasteiger partial charge is 0.321 e. The van der Waals surface area contributed by atoms with Crippen LogP contribution >= 0.6 is 0 Å². The number of carboxylic acid groups (broad SMARTS) is 1. The third-order valence-corrected chi connectivity index (χ3v) is 4.73. The molecule has 6 nitrogen and oxygen atoms in total. The number of nitro groups is 1. The molecular formula is C18H18N2O4. The Morgan fingerprint density at radius 2 is 1.54 bits per heavy atom. The molecule has 0 spiro atoms. The van der Waals surface area contributed by atoms with Gasteiger partial charge in [-0.25, -0.2) is 0 Å². The molecule has 0 saturated carbocycles. The zero-order chi connectivity index (χ0) is 17.3. The highest BCUT2D eigenvalue weighted by Gasteiger charge is 2.58. The van der Waals surface area contributed by atoms with Crippen molar-refractivity contribution in [3.05, 3.63) is 81.9 Å². The summed E-state index contributed by atoms with van der Waals surface area (Å²) >= 11 is 0. The van der Waals surface area contributed by atoms with Crippen LogP contribution in [0.3, 0.4) is 0 Å². The van der Waals surface area contributed by atoms with Crippen molar-refractivity contribution in [2.45, 2.75) is 24.0 Å². The average Bonchev–Trinajstić information content (AvgIpc) is 2.90. The van der Waals surface area contributed by atoms with Crippen LogP contribution in [0.1, 0.15) is 23.1 Å². The lowest BCUT2D eigenvalue weighted by Crippen LogP contribution is -2.37. The topological polar surface area (TPSA) is 83.7 Å². The van der Waals surface area contributed by atoms with E-state index in [2.05, 4.69) is 0 Å². The highest BCUT2D eigenvalue weighted by atomic mass is 16.6. The van der Waals surface area contributed by atoms with Crippen molar-refractivity contribution in [1.29, 1.82) is 0 Å². The van der Waals surface area contributed by atoms with Crippen LogP contribution in [0.15, 0.2) is 60.7 Å². The minimum Gasteiger partial charge on any atom is -0.480 e. The summed E-state index contributed by atoms with van der Waals surface area (Å²) in [7, 11) is 1.65. The molecule has 4 atom stereocenters. The number of likely N-dealkylation sites (N-methyl/N-ethyl adjacent to an activating group) is 1. The number of benzene rings is 2. The molecule has 1 fully saturated rings. The summed E-state index contributed by atoms with van der Waals surface area (Å²) in [4.78, 5) is 25.0. The van der Waals surface area contributed by atoms with Crippen LogP contribution in [-0.2, 0) is 4.79 Å². The third-order valence-electron chi connectivity index (χ3n) is 4.73. The van der Waals surface area contributed by atoms with Crippen LogP contribution in [-0.4, -0.2) is 40.0 Å². The normalized spacial score (nSPS) is 27.0. The lowest BCUT2D eigenvalue weighted by atomic mass is 9.85. The fraction of sp³-hybridized carbons (Fsp3) is 0.278. The number of rotatable bonds is 4. The Morgan fingerprint density at radius 1 is 1.04 bits per heavy atom. The van der Waals surface area contributed by atoms with Gasteiger partial charge in [-0.3, -0.25) is 19.8 Å². The Kier molecular flexibility index (Phi) is 4.31. The quantitative estimate of drug-likeness (QED) is 0.689. The van der Waals surface area contributed by atoms with Gasteiger partial charge < -0.3 is 5.11 Å². The zero-order valence-electron chi connectivity index (χ0n) is 13.1. The summed E-state index contributed by atoms with van der Waals surface area (Å²) < 4.78 is 0. The molecule has 1 aliphatic rings. The maximum absolute atomic E-state index is 11.9. The van der Waals surface area contributed by atoms with E-state index in [1.165, 1.54) is 0 Å². The van der Waals surface area contributed by atoms with E-state index in [1.54, 1.807) is 36.2 Å². The van der Waals surface area contributed by atoms with Crippen LogP contribution in [0.4, 0.5) is 0 Å². The second-order valence-electron chi connectivity index (χ2n) is 6.02. The third kappa shape index (κ3) is 2.65. The molecule has 0 aliphatic carbocycles. The van der Waals surface area contributed by atoms with E-state index in [9.17, 15) is 20.0 Å². The van der Waals surface area contributed by atoms with Crippen molar-refractivity contribution in [2.24, 2.45) is 0 Å². The van der Waals surface area contributed by atoms with Crippen LogP contribution in [0.25, 0.3) is 0 Å². The van der Waals surface area contributed by atoms with Crippen molar-refractivity contribution in [3.8, 4) is 0 Å². The van der Waals surface area contributed by atoms with Crippen molar-refractivity contribution >= 4 is 5.97 Å². The minimum absolute atomic E-state index is 0.339. The van der Waals surface area contributed by atoms with Gasteiger partial charge in [-0.2, -0.15) is 0 Å². The van der Waals surface area contributed by atoms with Crippen LogP contribution in [0.2, 0.25) is 0 Å². The molecule has 0 aromatic heterocycles. The van der Waals surface area contributed by atoms with Gasteiger partial charge in [-0.05, 0) is 18.2 Å². The number of carboxylic acids is 1. The first kappa shape index (κ1) is 16.1. The first-order valence-electron chi connectivity index (χ1n) is 7.70. The first-order chi connectivity index (χ1) is 11.5. The average molecular weight is 326 g/mol. The second kappa shape index (κ2) is 6.41. The van der Waals surface area contributed by atoms with Gasteiger partial charge >= 0.3 is 5.97 Å². The molecule has 0 unspecified atom stereocenters. The Morgan fingerprint density at radius 3 is 2.00 bits per heavy atom. The molecule has 2 aromatic rings. The highest BCUT2D eigenvalue weighted by molar-refractivity contribution is 5.76. The van der Waals surface area contributed by atoms with E-state index >= 15 is 0 Å². The molecule has 124 valence electrons. The molecule has 6 heteroatoms. The van der Waals surface area contributed by atoms with Crippen molar-refractivity contribution < 1.29 is 14.8 Å². The molecule has 24 heavy (non-hydrogen) atoms. The van der Waals surface area contributed by atoms with Gasteiger partial charge in [0.05, 0.1) is 5.92 Å². The Balaban J connectivity index is 2.15. The largest absolute Gasteiger partial charge is 0.480 e. The van der Waals surface area contributed by atoms with Gasteiger partial charge in [0.2, 0.25) is 6.04 Å². The zero-order valence-corrected chi connectivity index (χ0v) is 13.1. The van der Waals surface area contributed by atoms with E-state index in [0.717, 1.165) is 5.56 Å². The molecular weight excluding hydrogens is 308 g/mol. The molecule has 0 radical (unpaired) electrons. The van der Waals surface area contributed by atoms with Gasteiger partial charge in [-0.1, -0.05) is 60.7 Å². The van der Waals surface area contributed by atoms with Gasteiger partial charge in [0.15, 0.2) is 0 Å². The van der Waals surface area contributed by atoms with Crippen molar-refractivity contribution in [1.82, 2.24) is 4.90 Å². The summed E-state index contributed by atoms with van der Waals surface area (Å²) in [5.74, 6) is -1.76. The van der Waals surface area contributed by atoms with Crippen molar-refractivity contribution in [3.63, 3.8) is 0 Å². The monoisotopic (exact) mass is 326 g/mol. The van der Waals surface area contributed by atoms with Crippen LogP contribution in [0.5, 0.6) is 0 Å². The predicted octanol–water partition coefficient (Wildman–Crippen LogP) is 2.56. The van der Waals surface area contributed by atoms with E-state index < -0.39 is 30.0 Å². The molecule has 1 saturated heterocycles. The lowest BCUT2D eigenvalue weighted by Gasteiger charge is -2.23.